The Bertz CT molecular complexity index is 299. The molecule has 0 unspecified atom stereocenters. The Hall–Kier alpha value is -0.540. The van der Waals surface area contributed by atoms with Gasteiger partial charge in [0.2, 0.25) is 0 Å². The van der Waals surface area contributed by atoms with E-state index in [0.717, 1.165) is 21.3 Å². The summed E-state index contributed by atoms with van der Waals surface area (Å²) in [5, 5.41) is 0. The van der Waals surface area contributed by atoms with Crippen molar-refractivity contribution >= 4 is 15.9 Å². The summed E-state index contributed by atoms with van der Waals surface area (Å²) in [6.07, 6.45) is 0. The predicted molar refractivity (Wildman–Crippen MR) is 57.9 cm³/mol. The Morgan fingerprint density at radius 1 is 1.46 bits per heavy atom. The average molecular weight is 244 g/mol. The molecule has 72 valence electrons. The summed E-state index contributed by atoms with van der Waals surface area (Å²) < 4.78 is 6.51. The van der Waals surface area contributed by atoms with Crippen LogP contribution in [0.2, 0.25) is 0 Å². The molecule has 0 fully saturated rings. The molecule has 0 aliphatic carbocycles. The molecule has 3 heteroatoms. The lowest BCUT2D eigenvalue weighted by Gasteiger charge is -2.10. The van der Waals surface area contributed by atoms with Crippen molar-refractivity contribution in [2.75, 3.05) is 6.61 Å². The molecule has 0 saturated heterocycles. The number of nitrogens with two attached hydrogens (primary N) is 1. The quantitative estimate of drug-likeness (QED) is 0.886. The summed E-state index contributed by atoms with van der Waals surface area (Å²) in [4.78, 5) is 0. The van der Waals surface area contributed by atoms with Gasteiger partial charge in [0, 0.05) is 11.0 Å². The summed E-state index contributed by atoms with van der Waals surface area (Å²) in [5.41, 5.74) is 7.79. The molecule has 13 heavy (non-hydrogen) atoms. The highest BCUT2D eigenvalue weighted by Gasteiger charge is 2.04. The lowest BCUT2D eigenvalue weighted by Crippen LogP contribution is -2.00. The van der Waals surface area contributed by atoms with E-state index in [0.29, 0.717) is 13.2 Å². The number of aryl methyl sites for hydroxylation is 1. The van der Waals surface area contributed by atoms with Gasteiger partial charge in [-0.3, -0.25) is 0 Å². The molecule has 0 atom stereocenters. The molecule has 0 spiro atoms. The van der Waals surface area contributed by atoms with E-state index < -0.39 is 0 Å². The van der Waals surface area contributed by atoms with Crippen LogP contribution in [0.5, 0.6) is 5.75 Å². The van der Waals surface area contributed by atoms with Gasteiger partial charge in [0.15, 0.2) is 0 Å². The van der Waals surface area contributed by atoms with Gasteiger partial charge in [-0.1, -0.05) is 15.9 Å². The third-order valence-corrected chi connectivity index (χ3v) is 2.60. The first-order valence-electron chi connectivity index (χ1n) is 4.31. The molecule has 0 aliphatic heterocycles. The van der Waals surface area contributed by atoms with E-state index in [1.54, 1.807) is 0 Å². The largest absolute Gasteiger partial charge is 0.494 e. The van der Waals surface area contributed by atoms with Crippen LogP contribution in [0.15, 0.2) is 16.6 Å². The van der Waals surface area contributed by atoms with E-state index in [1.165, 1.54) is 0 Å². The lowest BCUT2D eigenvalue weighted by molar-refractivity contribution is 0.337. The monoisotopic (exact) mass is 243 g/mol. The zero-order chi connectivity index (χ0) is 9.84. The zero-order valence-corrected chi connectivity index (χ0v) is 9.52. The molecule has 2 N–H and O–H groups in total. The second-order valence-electron chi connectivity index (χ2n) is 2.85. The molecule has 0 amide bonds. The first-order chi connectivity index (χ1) is 6.19. The number of benzene rings is 1. The Kier molecular flexibility index (Phi) is 3.75. The first-order valence-corrected chi connectivity index (χ1v) is 5.10. The van der Waals surface area contributed by atoms with Crippen LogP contribution in [0.3, 0.4) is 0 Å². The molecule has 0 aliphatic rings. The van der Waals surface area contributed by atoms with Crippen molar-refractivity contribution in [3.05, 3.63) is 27.7 Å². The maximum atomic E-state index is 5.58. The smallest absolute Gasteiger partial charge is 0.122 e. The van der Waals surface area contributed by atoms with E-state index in [1.807, 2.05) is 26.0 Å². The van der Waals surface area contributed by atoms with Gasteiger partial charge in [0.1, 0.15) is 5.75 Å². The van der Waals surface area contributed by atoms with Crippen molar-refractivity contribution in [2.45, 2.75) is 20.4 Å². The Labute approximate surface area is 87.2 Å². The van der Waals surface area contributed by atoms with Crippen LogP contribution in [-0.4, -0.2) is 6.61 Å². The van der Waals surface area contributed by atoms with Gasteiger partial charge in [0.25, 0.3) is 0 Å². The van der Waals surface area contributed by atoms with Crippen molar-refractivity contribution in [1.82, 2.24) is 0 Å². The Morgan fingerprint density at radius 3 is 2.69 bits per heavy atom. The Balaban J connectivity index is 3.06. The SMILES string of the molecule is CCOc1cc(CN)c(Br)cc1C. The van der Waals surface area contributed by atoms with Crippen molar-refractivity contribution < 1.29 is 4.74 Å². The summed E-state index contributed by atoms with van der Waals surface area (Å²) in [6, 6.07) is 4.02. The van der Waals surface area contributed by atoms with Crippen LogP contribution < -0.4 is 10.5 Å². The fraction of sp³-hybridized carbons (Fsp3) is 0.400. The molecule has 0 bridgehead atoms. The van der Waals surface area contributed by atoms with E-state index in [2.05, 4.69) is 15.9 Å². The van der Waals surface area contributed by atoms with Gasteiger partial charge in [-0.25, -0.2) is 0 Å². The van der Waals surface area contributed by atoms with Crippen LogP contribution in [0.25, 0.3) is 0 Å². The minimum absolute atomic E-state index is 0.529. The summed E-state index contributed by atoms with van der Waals surface area (Å²) in [5.74, 6) is 0.922. The van der Waals surface area contributed by atoms with Crippen molar-refractivity contribution in [2.24, 2.45) is 5.73 Å². The average Bonchev–Trinajstić information content (AvgIpc) is 2.10. The van der Waals surface area contributed by atoms with Crippen LogP contribution >= 0.6 is 15.9 Å². The molecule has 1 rings (SSSR count). The molecule has 0 aromatic heterocycles. The number of ether oxygens (including phenoxy) is 1. The van der Waals surface area contributed by atoms with E-state index in [4.69, 9.17) is 10.5 Å². The molecule has 0 heterocycles. The standard InChI is InChI=1S/C10H14BrNO/c1-3-13-10-5-8(6-12)9(11)4-7(10)2/h4-5H,3,6,12H2,1-2H3. The molecular weight excluding hydrogens is 230 g/mol. The maximum Gasteiger partial charge on any atom is 0.122 e. The van der Waals surface area contributed by atoms with Gasteiger partial charge >= 0.3 is 0 Å². The molecule has 0 radical (unpaired) electrons. The summed E-state index contributed by atoms with van der Waals surface area (Å²) >= 11 is 3.46. The van der Waals surface area contributed by atoms with Crippen LogP contribution in [0.1, 0.15) is 18.1 Å². The lowest BCUT2D eigenvalue weighted by atomic mass is 10.1. The highest BCUT2D eigenvalue weighted by molar-refractivity contribution is 9.10. The second kappa shape index (κ2) is 4.63. The first kappa shape index (κ1) is 10.5. The van der Waals surface area contributed by atoms with E-state index >= 15 is 0 Å². The second-order valence-corrected chi connectivity index (χ2v) is 3.70. The van der Waals surface area contributed by atoms with Crippen LogP contribution in [0.4, 0.5) is 0 Å². The topological polar surface area (TPSA) is 35.2 Å². The van der Waals surface area contributed by atoms with Gasteiger partial charge < -0.3 is 10.5 Å². The van der Waals surface area contributed by atoms with Crippen molar-refractivity contribution in [1.29, 1.82) is 0 Å². The highest BCUT2D eigenvalue weighted by Crippen LogP contribution is 2.26. The Morgan fingerprint density at radius 2 is 2.15 bits per heavy atom. The fourth-order valence-electron chi connectivity index (χ4n) is 1.16. The molecule has 0 saturated carbocycles. The molecule has 2 nitrogen and oxygen atoms in total. The predicted octanol–water partition coefficient (Wildman–Crippen LogP) is 2.61. The van der Waals surface area contributed by atoms with Gasteiger partial charge in [-0.05, 0) is 37.1 Å². The normalized spacial score (nSPS) is 10.2. The third-order valence-electron chi connectivity index (χ3n) is 1.86. The number of halogens is 1. The summed E-state index contributed by atoms with van der Waals surface area (Å²) in [6.45, 7) is 5.22. The van der Waals surface area contributed by atoms with Gasteiger partial charge in [0.05, 0.1) is 6.61 Å². The minimum Gasteiger partial charge on any atom is -0.494 e. The van der Waals surface area contributed by atoms with Gasteiger partial charge in [-0.2, -0.15) is 0 Å². The van der Waals surface area contributed by atoms with Gasteiger partial charge in [-0.15, -0.1) is 0 Å². The number of hydrogen-bond acceptors (Lipinski definition) is 2. The third kappa shape index (κ3) is 2.45. The molecule has 1 aromatic carbocycles. The van der Waals surface area contributed by atoms with E-state index in [9.17, 15) is 0 Å². The van der Waals surface area contributed by atoms with Crippen molar-refractivity contribution in [3.63, 3.8) is 0 Å². The highest BCUT2D eigenvalue weighted by atomic mass is 79.9. The molecule has 1 aromatic rings. The van der Waals surface area contributed by atoms with Crippen molar-refractivity contribution in [3.8, 4) is 5.75 Å². The fourth-order valence-corrected chi connectivity index (χ4v) is 1.78. The number of hydrogen-bond donors (Lipinski definition) is 1. The van der Waals surface area contributed by atoms with Crippen LogP contribution in [0, 0.1) is 6.92 Å². The minimum atomic E-state index is 0.529. The molecular formula is C10H14BrNO. The number of rotatable bonds is 3. The van der Waals surface area contributed by atoms with E-state index in [-0.39, 0.29) is 0 Å². The maximum absolute atomic E-state index is 5.58. The van der Waals surface area contributed by atoms with Crippen LogP contribution in [-0.2, 0) is 6.54 Å². The summed E-state index contributed by atoms with van der Waals surface area (Å²) in [7, 11) is 0. The zero-order valence-electron chi connectivity index (χ0n) is 7.93.